The van der Waals surface area contributed by atoms with E-state index in [4.69, 9.17) is 9.47 Å². The normalized spacial score (nSPS) is 10.3. The summed E-state index contributed by atoms with van der Waals surface area (Å²) in [5, 5.41) is 0. The second kappa shape index (κ2) is 8.42. The zero-order valence-corrected chi connectivity index (χ0v) is 13.1. The van der Waals surface area contributed by atoms with Crippen LogP contribution in [-0.4, -0.2) is 44.1 Å². The van der Waals surface area contributed by atoms with Gasteiger partial charge in [0.25, 0.3) is 5.91 Å². The predicted molar refractivity (Wildman–Crippen MR) is 80.4 cm³/mol. The first kappa shape index (κ1) is 17.2. The van der Waals surface area contributed by atoms with Crippen LogP contribution in [0.4, 0.5) is 0 Å². The highest BCUT2D eigenvalue weighted by atomic mass is 16.5. The Morgan fingerprint density at radius 2 is 1.81 bits per heavy atom. The van der Waals surface area contributed by atoms with Crippen LogP contribution >= 0.6 is 0 Å². The highest BCUT2D eigenvalue weighted by Gasteiger charge is 2.16. The van der Waals surface area contributed by atoms with Crippen molar-refractivity contribution in [1.29, 1.82) is 0 Å². The van der Waals surface area contributed by atoms with Crippen molar-refractivity contribution in [3.8, 4) is 0 Å². The molecule has 21 heavy (non-hydrogen) atoms. The highest BCUT2D eigenvalue weighted by molar-refractivity contribution is 5.98. The molecule has 1 rings (SSSR count). The van der Waals surface area contributed by atoms with Crippen molar-refractivity contribution >= 4 is 11.9 Å². The van der Waals surface area contributed by atoms with Crippen LogP contribution in [0.2, 0.25) is 0 Å². The third-order valence-corrected chi connectivity index (χ3v) is 2.97. The summed E-state index contributed by atoms with van der Waals surface area (Å²) in [7, 11) is 3.32. The SMILES string of the molecule is CCCN(C)C(=O)c1cc(COC)cc(C(=O)OCC)c1. The van der Waals surface area contributed by atoms with Crippen molar-refractivity contribution in [1.82, 2.24) is 4.90 Å². The van der Waals surface area contributed by atoms with E-state index in [1.807, 2.05) is 6.92 Å². The third-order valence-electron chi connectivity index (χ3n) is 2.97. The molecule has 5 heteroatoms. The summed E-state index contributed by atoms with van der Waals surface area (Å²) in [4.78, 5) is 25.9. The number of hydrogen-bond acceptors (Lipinski definition) is 4. The van der Waals surface area contributed by atoms with Crippen LogP contribution in [0.3, 0.4) is 0 Å². The summed E-state index contributed by atoms with van der Waals surface area (Å²) >= 11 is 0. The summed E-state index contributed by atoms with van der Waals surface area (Å²) in [6, 6.07) is 5.02. The summed E-state index contributed by atoms with van der Waals surface area (Å²) in [6.07, 6.45) is 0.880. The molecule has 116 valence electrons. The number of benzene rings is 1. The molecule has 1 aromatic rings. The van der Waals surface area contributed by atoms with Gasteiger partial charge in [-0.25, -0.2) is 4.79 Å². The minimum absolute atomic E-state index is 0.111. The molecule has 0 saturated carbocycles. The molecule has 0 bridgehead atoms. The van der Waals surface area contributed by atoms with Crippen LogP contribution in [-0.2, 0) is 16.1 Å². The van der Waals surface area contributed by atoms with Gasteiger partial charge in [0.2, 0.25) is 0 Å². The quantitative estimate of drug-likeness (QED) is 0.725. The number of carbonyl (C=O) groups excluding carboxylic acids is 2. The fourth-order valence-electron chi connectivity index (χ4n) is 2.06. The number of carbonyl (C=O) groups is 2. The summed E-state index contributed by atoms with van der Waals surface area (Å²) in [5.74, 6) is -0.539. The lowest BCUT2D eigenvalue weighted by molar-refractivity contribution is 0.0526. The van der Waals surface area contributed by atoms with Crippen LogP contribution in [0.1, 0.15) is 46.5 Å². The predicted octanol–water partition coefficient (Wildman–Crippen LogP) is 2.49. The van der Waals surface area contributed by atoms with E-state index in [-0.39, 0.29) is 5.91 Å². The van der Waals surface area contributed by atoms with E-state index in [0.29, 0.717) is 30.9 Å². The van der Waals surface area contributed by atoms with Crippen LogP contribution < -0.4 is 0 Å². The summed E-state index contributed by atoms with van der Waals surface area (Å²) in [5.41, 5.74) is 1.62. The van der Waals surface area contributed by atoms with Gasteiger partial charge in [0.05, 0.1) is 18.8 Å². The molecular formula is C16H23NO4. The van der Waals surface area contributed by atoms with Crippen LogP contribution in [0, 0.1) is 0 Å². The fourth-order valence-corrected chi connectivity index (χ4v) is 2.06. The van der Waals surface area contributed by atoms with Gasteiger partial charge in [-0.2, -0.15) is 0 Å². The molecule has 0 spiro atoms. The fraction of sp³-hybridized carbons (Fsp3) is 0.500. The van der Waals surface area contributed by atoms with Gasteiger partial charge in [-0.1, -0.05) is 6.92 Å². The molecule has 0 saturated heterocycles. The second-order valence-corrected chi connectivity index (χ2v) is 4.80. The lowest BCUT2D eigenvalue weighted by Gasteiger charge is -2.17. The second-order valence-electron chi connectivity index (χ2n) is 4.80. The van der Waals surface area contributed by atoms with Gasteiger partial charge in [0, 0.05) is 26.3 Å². The Morgan fingerprint density at radius 3 is 2.38 bits per heavy atom. The topological polar surface area (TPSA) is 55.8 Å². The Labute approximate surface area is 125 Å². The number of esters is 1. The van der Waals surface area contributed by atoms with E-state index in [1.165, 1.54) is 0 Å². The molecule has 1 amide bonds. The average Bonchev–Trinajstić information content (AvgIpc) is 2.47. The zero-order chi connectivity index (χ0) is 15.8. The molecular weight excluding hydrogens is 270 g/mol. The molecule has 0 N–H and O–H groups in total. The van der Waals surface area contributed by atoms with E-state index in [9.17, 15) is 9.59 Å². The van der Waals surface area contributed by atoms with Crippen molar-refractivity contribution < 1.29 is 19.1 Å². The van der Waals surface area contributed by atoms with Gasteiger partial charge in [0.1, 0.15) is 0 Å². The molecule has 0 aliphatic rings. The van der Waals surface area contributed by atoms with Crippen molar-refractivity contribution in [2.45, 2.75) is 26.9 Å². The minimum Gasteiger partial charge on any atom is -0.462 e. The highest BCUT2D eigenvalue weighted by Crippen LogP contribution is 2.15. The van der Waals surface area contributed by atoms with E-state index in [0.717, 1.165) is 12.0 Å². The Morgan fingerprint density at radius 1 is 1.14 bits per heavy atom. The van der Waals surface area contributed by atoms with Crippen molar-refractivity contribution in [3.05, 3.63) is 34.9 Å². The smallest absolute Gasteiger partial charge is 0.338 e. The standard InChI is InChI=1S/C16H23NO4/c1-5-7-17(3)15(18)13-8-12(11-20-4)9-14(10-13)16(19)21-6-2/h8-10H,5-7,11H2,1-4H3. The Bertz CT molecular complexity index is 499. The van der Waals surface area contributed by atoms with E-state index >= 15 is 0 Å². The Kier molecular flexibility index (Phi) is 6.88. The van der Waals surface area contributed by atoms with E-state index < -0.39 is 5.97 Å². The molecule has 0 aromatic heterocycles. The van der Waals surface area contributed by atoms with Gasteiger partial charge >= 0.3 is 5.97 Å². The lowest BCUT2D eigenvalue weighted by Crippen LogP contribution is -2.27. The van der Waals surface area contributed by atoms with Crippen LogP contribution in [0.25, 0.3) is 0 Å². The molecule has 0 aliphatic carbocycles. The number of hydrogen-bond donors (Lipinski definition) is 0. The average molecular weight is 293 g/mol. The molecule has 5 nitrogen and oxygen atoms in total. The maximum Gasteiger partial charge on any atom is 0.338 e. The molecule has 0 atom stereocenters. The summed E-state index contributed by atoms with van der Waals surface area (Å²) < 4.78 is 10.1. The number of ether oxygens (including phenoxy) is 2. The number of nitrogens with zero attached hydrogens (tertiary/aromatic N) is 1. The molecule has 0 heterocycles. The van der Waals surface area contributed by atoms with E-state index in [1.54, 1.807) is 44.2 Å². The number of amides is 1. The molecule has 0 unspecified atom stereocenters. The first-order valence-corrected chi connectivity index (χ1v) is 7.08. The first-order valence-electron chi connectivity index (χ1n) is 7.08. The van der Waals surface area contributed by atoms with E-state index in [2.05, 4.69) is 0 Å². The van der Waals surface area contributed by atoms with Crippen LogP contribution in [0.5, 0.6) is 0 Å². The molecule has 0 fully saturated rings. The largest absolute Gasteiger partial charge is 0.462 e. The van der Waals surface area contributed by atoms with Crippen molar-refractivity contribution in [3.63, 3.8) is 0 Å². The van der Waals surface area contributed by atoms with Crippen molar-refractivity contribution in [2.24, 2.45) is 0 Å². The van der Waals surface area contributed by atoms with Gasteiger partial charge in [-0.05, 0) is 37.1 Å². The first-order chi connectivity index (χ1) is 10.0. The van der Waals surface area contributed by atoms with Crippen LogP contribution in [0.15, 0.2) is 18.2 Å². The Hall–Kier alpha value is -1.88. The zero-order valence-electron chi connectivity index (χ0n) is 13.1. The molecule has 1 aromatic carbocycles. The maximum absolute atomic E-state index is 12.4. The van der Waals surface area contributed by atoms with Gasteiger partial charge in [0.15, 0.2) is 0 Å². The third kappa shape index (κ3) is 4.86. The van der Waals surface area contributed by atoms with Gasteiger partial charge < -0.3 is 14.4 Å². The Balaban J connectivity index is 3.12. The molecule has 0 aliphatic heterocycles. The van der Waals surface area contributed by atoms with Crippen molar-refractivity contribution in [2.75, 3.05) is 27.3 Å². The number of rotatable bonds is 7. The van der Waals surface area contributed by atoms with Gasteiger partial charge in [-0.3, -0.25) is 4.79 Å². The number of methoxy groups -OCH3 is 1. The lowest BCUT2D eigenvalue weighted by atomic mass is 10.0. The van der Waals surface area contributed by atoms with Gasteiger partial charge in [-0.15, -0.1) is 0 Å². The minimum atomic E-state index is -0.428. The maximum atomic E-state index is 12.4. The monoisotopic (exact) mass is 293 g/mol. The molecule has 0 radical (unpaired) electrons. The summed E-state index contributed by atoms with van der Waals surface area (Å²) in [6.45, 7) is 5.06.